The van der Waals surface area contributed by atoms with Crippen LogP contribution in [0.3, 0.4) is 0 Å². The van der Waals surface area contributed by atoms with Gasteiger partial charge in [0.25, 0.3) is 10.0 Å². The monoisotopic (exact) mass is 635 g/mol. The number of aromatic amines is 1. The largest absolute Gasteiger partial charge is 0.368 e. The van der Waals surface area contributed by atoms with Crippen LogP contribution in [-0.4, -0.2) is 69.5 Å². The number of rotatable bonds is 7. The lowest BCUT2D eigenvalue weighted by molar-refractivity contribution is -0.129. The molecule has 0 atom stereocenters. The zero-order valence-corrected chi connectivity index (χ0v) is 26.5. The van der Waals surface area contributed by atoms with E-state index in [2.05, 4.69) is 30.7 Å². The molecule has 0 radical (unpaired) electrons. The Morgan fingerprint density at radius 3 is 2.26 bits per heavy atom. The Morgan fingerprint density at radius 2 is 1.54 bits per heavy atom. The maximum Gasteiger partial charge on any atom is 0.269 e. The van der Waals surface area contributed by atoms with Crippen LogP contribution in [0.2, 0.25) is 0 Å². The van der Waals surface area contributed by atoms with Crippen LogP contribution in [0.1, 0.15) is 18.2 Å². The van der Waals surface area contributed by atoms with Crippen molar-refractivity contribution >= 4 is 66.7 Å². The van der Waals surface area contributed by atoms with E-state index >= 15 is 0 Å². The molecular formula is C33H33N9O3S. The maximum absolute atomic E-state index is 13.8. The summed E-state index contributed by atoms with van der Waals surface area (Å²) in [4.78, 5) is 25.4. The number of hydrogen-bond donors (Lipinski definition) is 3. The fraction of sp³-hybridized carbons (Fsp3) is 0.212. The number of aryl methyl sites for hydroxylation is 2. The smallest absolute Gasteiger partial charge is 0.269 e. The second kappa shape index (κ2) is 11.5. The Hall–Kier alpha value is -5.43. The van der Waals surface area contributed by atoms with Crippen molar-refractivity contribution in [1.82, 2.24) is 29.0 Å². The molecule has 1 saturated heterocycles. The number of benzene rings is 3. The molecule has 0 aliphatic carbocycles. The number of nitrogens with one attached hydrogen (secondary N) is 3. The first kappa shape index (κ1) is 29.3. The van der Waals surface area contributed by atoms with Crippen molar-refractivity contribution in [2.24, 2.45) is 0 Å². The zero-order chi connectivity index (χ0) is 32.0. The summed E-state index contributed by atoms with van der Waals surface area (Å²) >= 11 is 0. The van der Waals surface area contributed by atoms with Gasteiger partial charge in [-0.05, 0) is 74.5 Å². The summed E-state index contributed by atoms with van der Waals surface area (Å²) in [6.07, 6.45) is 1.50. The molecule has 6 aromatic rings. The minimum Gasteiger partial charge on any atom is -0.368 e. The third-order valence-electron chi connectivity index (χ3n) is 8.31. The standard InChI is InChI=1S/C33H33N9O3S/c1-21-4-11-27(12-5-21)46(44,45)42-15-14-29-31(34-25-8-13-28-22(2)38-39-30(28)20-25)36-33(37-32(29)42)35-24-6-9-26(10-7-24)41-18-16-40(17-19-41)23(3)43/h4-15,20H,16-19H2,1-3H3,(H,38,39)(H2,34,35,36,37). The van der Waals surface area contributed by atoms with E-state index in [1.165, 1.54) is 10.2 Å². The number of aromatic nitrogens is 5. The lowest BCUT2D eigenvalue weighted by Gasteiger charge is -2.35. The molecule has 0 unspecified atom stereocenters. The molecule has 1 fully saturated rings. The normalized spacial score (nSPS) is 13.8. The third-order valence-corrected chi connectivity index (χ3v) is 9.99. The molecular weight excluding hydrogens is 602 g/mol. The maximum atomic E-state index is 13.8. The molecule has 234 valence electrons. The van der Waals surface area contributed by atoms with Gasteiger partial charge in [-0.2, -0.15) is 15.1 Å². The van der Waals surface area contributed by atoms with Crippen LogP contribution in [0.15, 0.2) is 83.9 Å². The van der Waals surface area contributed by atoms with Crippen molar-refractivity contribution < 1.29 is 13.2 Å². The number of nitrogens with zero attached hydrogens (tertiary/aromatic N) is 6. The van der Waals surface area contributed by atoms with Crippen LogP contribution in [0.25, 0.3) is 21.9 Å². The molecule has 7 rings (SSSR count). The van der Waals surface area contributed by atoms with Crippen LogP contribution >= 0.6 is 0 Å². The summed E-state index contributed by atoms with van der Waals surface area (Å²) in [6, 6.07) is 22.1. The van der Waals surface area contributed by atoms with Crippen molar-refractivity contribution in [3.63, 3.8) is 0 Å². The second-order valence-electron chi connectivity index (χ2n) is 11.4. The van der Waals surface area contributed by atoms with E-state index in [4.69, 9.17) is 4.98 Å². The zero-order valence-electron chi connectivity index (χ0n) is 25.7. The lowest BCUT2D eigenvalue weighted by atomic mass is 10.2. The number of anilines is 5. The Kier molecular flexibility index (Phi) is 7.32. The molecule has 46 heavy (non-hydrogen) atoms. The number of carbonyl (C=O) groups is 1. The van der Waals surface area contributed by atoms with Crippen LogP contribution in [0.4, 0.5) is 28.8 Å². The second-order valence-corrected chi connectivity index (χ2v) is 13.2. The van der Waals surface area contributed by atoms with Crippen LogP contribution in [0.5, 0.6) is 0 Å². The number of piperazine rings is 1. The Labute approximate surface area is 266 Å². The molecule has 0 spiro atoms. The van der Waals surface area contributed by atoms with Crippen molar-refractivity contribution in [2.75, 3.05) is 41.7 Å². The van der Waals surface area contributed by atoms with E-state index in [1.807, 2.05) is 61.2 Å². The summed E-state index contributed by atoms with van der Waals surface area (Å²) in [6.45, 7) is 8.38. The average Bonchev–Trinajstić information content (AvgIpc) is 3.65. The van der Waals surface area contributed by atoms with Crippen molar-refractivity contribution in [2.45, 2.75) is 25.7 Å². The molecule has 0 saturated carbocycles. The van der Waals surface area contributed by atoms with Gasteiger partial charge < -0.3 is 20.4 Å². The number of amides is 1. The highest BCUT2D eigenvalue weighted by Gasteiger charge is 2.23. The molecule has 3 aromatic carbocycles. The highest BCUT2D eigenvalue weighted by molar-refractivity contribution is 7.90. The molecule has 3 N–H and O–H groups in total. The Bertz CT molecular complexity index is 2180. The number of carbonyl (C=O) groups excluding carboxylic acids is 1. The van der Waals surface area contributed by atoms with Gasteiger partial charge in [-0.1, -0.05) is 17.7 Å². The lowest BCUT2D eigenvalue weighted by Crippen LogP contribution is -2.48. The van der Waals surface area contributed by atoms with E-state index in [0.29, 0.717) is 24.3 Å². The van der Waals surface area contributed by atoms with E-state index in [1.54, 1.807) is 37.3 Å². The molecule has 13 heteroatoms. The van der Waals surface area contributed by atoms with Crippen LogP contribution in [0, 0.1) is 13.8 Å². The van der Waals surface area contributed by atoms with Gasteiger partial charge in [0.1, 0.15) is 5.82 Å². The number of fused-ring (bicyclic) bond motifs is 2. The quantitative estimate of drug-likeness (QED) is 0.213. The molecule has 12 nitrogen and oxygen atoms in total. The van der Waals surface area contributed by atoms with Gasteiger partial charge in [-0.25, -0.2) is 12.4 Å². The molecule has 1 aliphatic heterocycles. The van der Waals surface area contributed by atoms with E-state index in [9.17, 15) is 13.2 Å². The molecule has 0 bridgehead atoms. The fourth-order valence-corrected chi connectivity index (χ4v) is 6.98. The summed E-state index contributed by atoms with van der Waals surface area (Å²) in [5.74, 6) is 0.769. The van der Waals surface area contributed by atoms with Crippen molar-refractivity contribution in [1.29, 1.82) is 0 Å². The molecule has 1 aliphatic rings. The minimum absolute atomic E-state index is 0.0969. The average molecular weight is 636 g/mol. The number of H-pyrrole nitrogens is 1. The first-order chi connectivity index (χ1) is 22.2. The third kappa shape index (κ3) is 5.49. The topological polar surface area (TPSA) is 141 Å². The van der Waals surface area contributed by atoms with Gasteiger partial charge in [-0.15, -0.1) is 0 Å². The summed E-state index contributed by atoms with van der Waals surface area (Å²) in [5.41, 5.74) is 5.50. The highest BCUT2D eigenvalue weighted by atomic mass is 32.2. The van der Waals surface area contributed by atoms with Gasteiger partial charge >= 0.3 is 0 Å². The summed E-state index contributed by atoms with van der Waals surface area (Å²) in [7, 11) is -3.95. The number of hydrogen-bond acceptors (Lipinski definition) is 9. The first-order valence-corrected chi connectivity index (χ1v) is 16.4. The fourth-order valence-electron chi connectivity index (χ4n) is 5.69. The van der Waals surface area contributed by atoms with Gasteiger partial charge in [0.2, 0.25) is 11.9 Å². The Balaban J connectivity index is 1.24. The van der Waals surface area contributed by atoms with Gasteiger partial charge in [-0.3, -0.25) is 9.89 Å². The summed E-state index contributed by atoms with van der Waals surface area (Å²) in [5, 5.41) is 15.6. The predicted octanol–water partition coefficient (Wildman–Crippen LogP) is 5.32. The van der Waals surface area contributed by atoms with Gasteiger partial charge in [0.05, 0.1) is 15.8 Å². The van der Waals surface area contributed by atoms with Gasteiger partial charge in [0, 0.05) is 67.4 Å². The van der Waals surface area contributed by atoms with E-state index in [0.717, 1.165) is 52.3 Å². The van der Waals surface area contributed by atoms with Crippen molar-refractivity contribution in [3.8, 4) is 0 Å². The predicted molar refractivity (Wildman–Crippen MR) is 180 cm³/mol. The molecule has 3 aromatic heterocycles. The van der Waals surface area contributed by atoms with E-state index in [-0.39, 0.29) is 22.4 Å². The first-order valence-electron chi connectivity index (χ1n) is 15.0. The highest BCUT2D eigenvalue weighted by Crippen LogP contribution is 2.31. The van der Waals surface area contributed by atoms with E-state index < -0.39 is 10.0 Å². The van der Waals surface area contributed by atoms with Gasteiger partial charge in [0.15, 0.2) is 5.65 Å². The van der Waals surface area contributed by atoms with Crippen LogP contribution < -0.4 is 15.5 Å². The van der Waals surface area contributed by atoms with Crippen molar-refractivity contribution in [3.05, 3.63) is 90.3 Å². The SMILES string of the molecule is CC(=O)N1CCN(c2ccc(Nc3nc(Nc4ccc5c(C)[nH]nc5c4)c4ccn(S(=O)(=O)c5ccc(C)cc5)c4n3)cc2)CC1. The summed E-state index contributed by atoms with van der Waals surface area (Å²) < 4.78 is 28.7. The molecule has 4 heterocycles. The Morgan fingerprint density at radius 1 is 0.826 bits per heavy atom. The molecule has 1 amide bonds. The minimum atomic E-state index is -3.95. The van der Waals surface area contributed by atoms with Crippen LogP contribution in [-0.2, 0) is 14.8 Å².